The maximum atomic E-state index is 10.3. The SMILES string of the molecule is Oc1cc2c(cc1O)C(c1ccccc1)(c1ccccc1)c1ccccc1-2. The first kappa shape index (κ1) is 15.7. The van der Waals surface area contributed by atoms with Crippen molar-refractivity contribution in [1.82, 2.24) is 0 Å². The topological polar surface area (TPSA) is 40.5 Å². The Balaban J connectivity index is 1.99. The summed E-state index contributed by atoms with van der Waals surface area (Å²) in [7, 11) is 0. The molecule has 5 rings (SSSR count). The van der Waals surface area contributed by atoms with Crippen LogP contribution in [0.1, 0.15) is 22.3 Å². The van der Waals surface area contributed by atoms with Crippen molar-refractivity contribution in [2.24, 2.45) is 0 Å². The monoisotopic (exact) mass is 350 g/mol. The fraction of sp³-hybridized carbons (Fsp3) is 0.0400. The molecular weight excluding hydrogens is 332 g/mol. The van der Waals surface area contributed by atoms with E-state index in [1.165, 1.54) is 0 Å². The molecule has 0 radical (unpaired) electrons. The number of fused-ring (bicyclic) bond motifs is 3. The predicted octanol–water partition coefficient (Wildman–Crippen LogP) is 5.46. The number of phenolic OH excluding ortho intramolecular Hbond substituents is 2. The zero-order chi connectivity index (χ0) is 18.4. The minimum absolute atomic E-state index is 0.0968. The van der Waals surface area contributed by atoms with Gasteiger partial charge in [-0.1, -0.05) is 84.9 Å². The molecule has 2 heteroatoms. The van der Waals surface area contributed by atoms with Crippen LogP contribution in [0.4, 0.5) is 0 Å². The van der Waals surface area contributed by atoms with E-state index in [2.05, 4.69) is 36.4 Å². The molecule has 0 bridgehead atoms. The first-order valence-corrected chi connectivity index (χ1v) is 9.00. The molecule has 0 saturated carbocycles. The highest BCUT2D eigenvalue weighted by atomic mass is 16.3. The van der Waals surface area contributed by atoms with Crippen molar-refractivity contribution in [2.75, 3.05) is 0 Å². The highest BCUT2D eigenvalue weighted by Crippen LogP contribution is 2.57. The molecule has 0 saturated heterocycles. The van der Waals surface area contributed by atoms with Crippen molar-refractivity contribution in [1.29, 1.82) is 0 Å². The second-order valence-corrected chi connectivity index (χ2v) is 6.91. The van der Waals surface area contributed by atoms with Gasteiger partial charge in [-0.25, -0.2) is 0 Å². The van der Waals surface area contributed by atoms with E-state index < -0.39 is 5.41 Å². The Morgan fingerprint density at radius 2 is 1.00 bits per heavy atom. The molecule has 0 unspecified atom stereocenters. The van der Waals surface area contributed by atoms with E-state index in [1.807, 2.05) is 48.5 Å². The zero-order valence-electron chi connectivity index (χ0n) is 14.6. The Bertz CT molecular complexity index is 1090. The van der Waals surface area contributed by atoms with Crippen molar-refractivity contribution >= 4 is 0 Å². The van der Waals surface area contributed by atoms with Crippen LogP contribution in [0.25, 0.3) is 11.1 Å². The third-order valence-electron chi connectivity index (χ3n) is 5.55. The van der Waals surface area contributed by atoms with Crippen molar-refractivity contribution in [2.45, 2.75) is 5.41 Å². The molecule has 2 nitrogen and oxygen atoms in total. The summed E-state index contributed by atoms with van der Waals surface area (Å²) >= 11 is 0. The summed E-state index contributed by atoms with van der Waals surface area (Å²) in [6, 6.07) is 32.4. The van der Waals surface area contributed by atoms with Gasteiger partial charge in [0.25, 0.3) is 0 Å². The number of rotatable bonds is 2. The van der Waals surface area contributed by atoms with Gasteiger partial charge < -0.3 is 10.2 Å². The van der Waals surface area contributed by atoms with Gasteiger partial charge >= 0.3 is 0 Å². The summed E-state index contributed by atoms with van der Waals surface area (Å²) in [5.74, 6) is -0.196. The van der Waals surface area contributed by atoms with Gasteiger partial charge in [0, 0.05) is 0 Å². The summed E-state index contributed by atoms with van der Waals surface area (Å²) in [6.45, 7) is 0. The Hall–Kier alpha value is -3.52. The van der Waals surface area contributed by atoms with Crippen LogP contribution in [0, 0.1) is 0 Å². The Labute approximate surface area is 158 Å². The van der Waals surface area contributed by atoms with Crippen LogP contribution < -0.4 is 0 Å². The molecule has 0 aliphatic heterocycles. The minimum Gasteiger partial charge on any atom is -0.504 e. The van der Waals surface area contributed by atoms with Crippen molar-refractivity contribution in [3.8, 4) is 22.6 Å². The van der Waals surface area contributed by atoms with Crippen LogP contribution in [0.2, 0.25) is 0 Å². The van der Waals surface area contributed by atoms with Crippen LogP contribution in [-0.4, -0.2) is 10.2 Å². The summed E-state index contributed by atoms with van der Waals surface area (Å²) in [6.07, 6.45) is 0. The maximum absolute atomic E-state index is 10.3. The van der Waals surface area contributed by atoms with Gasteiger partial charge in [-0.15, -0.1) is 0 Å². The van der Waals surface area contributed by atoms with Crippen LogP contribution in [0.15, 0.2) is 97.1 Å². The minimum atomic E-state index is -0.542. The summed E-state index contributed by atoms with van der Waals surface area (Å²) < 4.78 is 0. The predicted molar refractivity (Wildman–Crippen MR) is 107 cm³/mol. The zero-order valence-corrected chi connectivity index (χ0v) is 14.6. The van der Waals surface area contributed by atoms with Gasteiger partial charge in [-0.3, -0.25) is 0 Å². The number of hydrogen-bond acceptors (Lipinski definition) is 2. The molecule has 0 heterocycles. The molecule has 0 aromatic heterocycles. The average molecular weight is 350 g/mol. The number of hydrogen-bond donors (Lipinski definition) is 2. The molecule has 0 amide bonds. The lowest BCUT2D eigenvalue weighted by atomic mass is 9.68. The van der Waals surface area contributed by atoms with Crippen molar-refractivity contribution in [3.05, 3.63) is 119 Å². The first-order chi connectivity index (χ1) is 13.2. The lowest BCUT2D eigenvalue weighted by molar-refractivity contribution is 0.403. The molecule has 0 spiro atoms. The fourth-order valence-electron chi connectivity index (χ4n) is 4.46. The Morgan fingerprint density at radius 3 is 1.63 bits per heavy atom. The molecular formula is C25H18O2. The van der Waals surface area contributed by atoms with E-state index in [-0.39, 0.29) is 11.5 Å². The molecule has 2 N–H and O–H groups in total. The molecule has 4 aromatic carbocycles. The first-order valence-electron chi connectivity index (χ1n) is 9.00. The van der Waals surface area contributed by atoms with Gasteiger partial charge in [-0.05, 0) is 45.5 Å². The number of aromatic hydroxyl groups is 2. The molecule has 1 aliphatic carbocycles. The summed E-state index contributed by atoms with van der Waals surface area (Å²) in [5.41, 5.74) is 5.89. The molecule has 27 heavy (non-hydrogen) atoms. The molecule has 4 aromatic rings. The van der Waals surface area contributed by atoms with Gasteiger partial charge in [-0.2, -0.15) is 0 Å². The second kappa shape index (κ2) is 5.75. The van der Waals surface area contributed by atoms with Gasteiger partial charge in [0.2, 0.25) is 0 Å². The van der Waals surface area contributed by atoms with Gasteiger partial charge in [0.1, 0.15) is 0 Å². The fourth-order valence-corrected chi connectivity index (χ4v) is 4.46. The third-order valence-corrected chi connectivity index (χ3v) is 5.55. The number of benzene rings is 4. The van der Waals surface area contributed by atoms with Crippen LogP contribution in [0.3, 0.4) is 0 Å². The van der Waals surface area contributed by atoms with E-state index in [1.54, 1.807) is 12.1 Å². The second-order valence-electron chi connectivity index (χ2n) is 6.91. The molecule has 0 atom stereocenters. The van der Waals surface area contributed by atoms with E-state index in [4.69, 9.17) is 0 Å². The largest absolute Gasteiger partial charge is 0.504 e. The summed E-state index contributed by atoms with van der Waals surface area (Å²) in [5, 5.41) is 20.5. The Morgan fingerprint density at radius 1 is 0.481 bits per heavy atom. The van der Waals surface area contributed by atoms with Crippen LogP contribution >= 0.6 is 0 Å². The van der Waals surface area contributed by atoms with E-state index in [9.17, 15) is 10.2 Å². The molecule has 130 valence electrons. The summed E-state index contributed by atoms with van der Waals surface area (Å²) in [4.78, 5) is 0. The van der Waals surface area contributed by atoms with Gasteiger partial charge in [0.05, 0.1) is 5.41 Å². The number of phenols is 2. The standard InChI is InChI=1S/C25H18O2/c26-23-15-20-19-13-7-8-14-21(19)25(22(20)16-24(23)27,17-9-3-1-4-10-17)18-11-5-2-6-12-18/h1-16,26-27H. The highest BCUT2D eigenvalue weighted by molar-refractivity contribution is 5.87. The van der Waals surface area contributed by atoms with Crippen molar-refractivity contribution in [3.63, 3.8) is 0 Å². The highest BCUT2D eigenvalue weighted by Gasteiger charge is 2.46. The van der Waals surface area contributed by atoms with E-state index in [0.29, 0.717) is 0 Å². The molecule has 0 fully saturated rings. The smallest absolute Gasteiger partial charge is 0.158 e. The van der Waals surface area contributed by atoms with E-state index in [0.717, 1.165) is 33.4 Å². The van der Waals surface area contributed by atoms with Crippen LogP contribution in [-0.2, 0) is 5.41 Å². The lowest BCUT2D eigenvalue weighted by Crippen LogP contribution is -2.28. The quantitative estimate of drug-likeness (QED) is 0.415. The van der Waals surface area contributed by atoms with Crippen LogP contribution in [0.5, 0.6) is 11.5 Å². The maximum Gasteiger partial charge on any atom is 0.158 e. The normalized spacial score (nSPS) is 13.8. The van der Waals surface area contributed by atoms with Gasteiger partial charge in [0.15, 0.2) is 11.5 Å². The van der Waals surface area contributed by atoms with Crippen molar-refractivity contribution < 1.29 is 10.2 Å². The lowest BCUT2D eigenvalue weighted by Gasteiger charge is -2.33. The third kappa shape index (κ3) is 2.07. The molecule has 1 aliphatic rings. The average Bonchev–Trinajstić information content (AvgIpc) is 3.00. The Kier molecular flexibility index (Phi) is 3.34. The van der Waals surface area contributed by atoms with E-state index >= 15 is 0 Å².